The number of alkyl halides is 6. The zero-order valence-corrected chi connectivity index (χ0v) is 31.3. The van der Waals surface area contributed by atoms with Gasteiger partial charge in [0.25, 0.3) is 0 Å². The zero-order valence-electron chi connectivity index (χ0n) is 27.8. The van der Waals surface area contributed by atoms with Crippen molar-refractivity contribution in [3.63, 3.8) is 0 Å². The number of hydrogen-bond acceptors (Lipinski definition) is 13. The van der Waals surface area contributed by atoms with Crippen molar-refractivity contribution in [2.45, 2.75) is 52.1 Å². The summed E-state index contributed by atoms with van der Waals surface area (Å²) in [5.74, 6) is -0.995. The van der Waals surface area contributed by atoms with Crippen LogP contribution in [0.2, 0.25) is 0 Å². The molecule has 0 spiro atoms. The second-order valence-corrected chi connectivity index (χ2v) is 12.2. The predicted molar refractivity (Wildman–Crippen MR) is 166 cm³/mol. The van der Waals surface area contributed by atoms with Gasteiger partial charge >= 0.3 is 45.2 Å². The molecule has 0 fully saturated rings. The standard InChI is InChI=1S/2C12H12N2.C3H6O2.2CHF3O3S.2Cu.2H2O/c2*1-9-3-5-11(13-7-9)12-6-4-10(2)8-14-12;1-2-3(4)5;2*2-1(3,4)8(5,6)7;;;;/h2*3-8H,1-2H3;2H2,1H3,(H,4,5);2*(H,5,6,7);;;2*1H2/q;;;;;2*+2;;/p-4. The molecule has 24 heteroatoms. The number of hydrogen-bond donors (Lipinski definition) is 0. The summed E-state index contributed by atoms with van der Waals surface area (Å²) in [6.07, 6.45) is 7.54. The number of aryl methyl sites for hydroxylation is 4. The number of aromatic nitrogens is 4. The van der Waals surface area contributed by atoms with Gasteiger partial charge in [0.15, 0.2) is 20.2 Å². The fraction of sp³-hybridized carbons (Fsp3) is 0.276. The third-order valence-electron chi connectivity index (χ3n) is 5.03. The molecular weight excluding hydrogens is 870 g/mol. The fourth-order valence-corrected chi connectivity index (χ4v) is 2.48. The summed E-state index contributed by atoms with van der Waals surface area (Å²) in [6.45, 7) is 9.65. The summed E-state index contributed by atoms with van der Waals surface area (Å²) < 4.78 is 118. The zero-order chi connectivity index (χ0) is 38.2. The summed E-state index contributed by atoms with van der Waals surface area (Å²) in [6, 6.07) is 16.2. The third kappa shape index (κ3) is 25.1. The fourth-order valence-electron chi connectivity index (χ4n) is 2.48. The van der Waals surface area contributed by atoms with Gasteiger partial charge < -0.3 is 30.0 Å². The SMILES string of the molecule is CCC(=O)[O-].Cc1ccc(-c2ccc(C)cn2)nc1.Cc1ccc(-c2ccc(C)cn2)nc1.O.O=S(=O)([O-])C(F)(F)F.O=S(=O)([O-])C(F)(F)F.[Cu+2].[Cu+2].[OH-]. The molecular formula is C29H32Cu2F6N4O10S2. The van der Waals surface area contributed by atoms with Gasteiger partial charge in [0.05, 0.1) is 22.8 Å². The quantitative estimate of drug-likeness (QED) is 0.123. The van der Waals surface area contributed by atoms with E-state index in [2.05, 4.69) is 19.9 Å². The third-order valence-corrected chi connectivity index (χ3v) is 6.16. The van der Waals surface area contributed by atoms with Crippen molar-refractivity contribution in [2.24, 2.45) is 0 Å². The van der Waals surface area contributed by atoms with Gasteiger partial charge in [-0.15, -0.1) is 0 Å². The number of carboxylic acids is 1. The summed E-state index contributed by atoms with van der Waals surface area (Å²) in [5.41, 5.74) is -2.92. The van der Waals surface area contributed by atoms with E-state index in [0.717, 1.165) is 22.8 Å². The Bertz CT molecular complexity index is 1610. The van der Waals surface area contributed by atoms with Crippen LogP contribution in [-0.4, -0.2) is 73.8 Å². The van der Waals surface area contributed by atoms with Gasteiger partial charge in [-0.25, -0.2) is 16.8 Å². The van der Waals surface area contributed by atoms with Crippen molar-refractivity contribution in [2.75, 3.05) is 0 Å². The molecule has 53 heavy (non-hydrogen) atoms. The molecule has 0 unspecified atom stereocenters. The Kier molecular flexibility index (Phi) is 29.1. The summed E-state index contributed by atoms with van der Waals surface area (Å²) >= 11 is 0. The molecule has 0 bridgehead atoms. The van der Waals surface area contributed by atoms with Gasteiger partial charge in [0, 0.05) is 30.8 Å². The van der Waals surface area contributed by atoms with Gasteiger partial charge in [0.1, 0.15) is 0 Å². The first kappa shape index (κ1) is 58.7. The molecule has 0 amide bonds. The van der Waals surface area contributed by atoms with Crippen LogP contribution in [-0.2, 0) is 59.2 Å². The maximum absolute atomic E-state index is 10.7. The number of carboxylic acid groups (broad SMARTS) is 1. The first-order valence-corrected chi connectivity index (χ1v) is 16.1. The van der Waals surface area contributed by atoms with Crippen molar-refractivity contribution in [3.8, 4) is 22.8 Å². The van der Waals surface area contributed by atoms with Crippen molar-refractivity contribution in [3.05, 3.63) is 95.6 Å². The first-order chi connectivity index (χ1) is 22.3. The van der Waals surface area contributed by atoms with Crippen LogP contribution in [0.15, 0.2) is 73.3 Å². The second-order valence-electron chi connectivity index (χ2n) is 9.41. The number of rotatable bonds is 3. The topological polar surface area (TPSA) is 268 Å². The molecule has 304 valence electrons. The molecule has 0 aliphatic heterocycles. The molecule has 4 rings (SSSR count). The Morgan fingerprint density at radius 1 is 0.566 bits per heavy atom. The van der Waals surface area contributed by atoms with Gasteiger partial charge in [-0.1, -0.05) is 31.2 Å². The molecule has 4 aromatic heterocycles. The minimum absolute atomic E-state index is 0. The number of carbonyl (C=O) groups excluding carboxylic acids is 1. The van der Waals surface area contributed by atoms with E-state index >= 15 is 0 Å². The maximum atomic E-state index is 10.7. The van der Waals surface area contributed by atoms with E-state index in [1.165, 1.54) is 29.2 Å². The van der Waals surface area contributed by atoms with Crippen molar-refractivity contribution >= 4 is 26.2 Å². The van der Waals surface area contributed by atoms with Gasteiger partial charge in [0.2, 0.25) is 0 Å². The number of pyridine rings is 4. The van der Waals surface area contributed by atoms with E-state index in [4.69, 9.17) is 25.9 Å². The smallest absolute Gasteiger partial charge is 0.870 e. The summed E-state index contributed by atoms with van der Waals surface area (Å²) in [5, 5.41) is 9.26. The molecule has 3 N–H and O–H groups in total. The monoisotopic (exact) mass is 900 g/mol. The van der Waals surface area contributed by atoms with E-state index in [9.17, 15) is 36.2 Å². The largest absolute Gasteiger partial charge is 2.00 e. The van der Waals surface area contributed by atoms with Crippen LogP contribution in [0.3, 0.4) is 0 Å². The Labute approximate surface area is 322 Å². The van der Waals surface area contributed by atoms with Crippen LogP contribution < -0.4 is 5.11 Å². The number of halogens is 6. The molecule has 0 aromatic carbocycles. The van der Waals surface area contributed by atoms with E-state index in [1.54, 1.807) is 0 Å². The normalized spacial score (nSPS) is 10.3. The summed E-state index contributed by atoms with van der Waals surface area (Å²) in [4.78, 5) is 26.5. The van der Waals surface area contributed by atoms with Crippen LogP contribution >= 0.6 is 0 Å². The van der Waals surface area contributed by atoms with E-state index in [-0.39, 0.29) is 51.5 Å². The minimum atomic E-state index is -6.09. The van der Waals surface area contributed by atoms with Crippen LogP contribution in [0, 0.1) is 27.7 Å². The van der Waals surface area contributed by atoms with Crippen LogP contribution in [0.1, 0.15) is 35.6 Å². The maximum Gasteiger partial charge on any atom is 2.00 e. The molecule has 4 heterocycles. The van der Waals surface area contributed by atoms with E-state index in [1.807, 2.05) is 101 Å². The molecule has 0 saturated carbocycles. The molecule has 2 radical (unpaired) electrons. The van der Waals surface area contributed by atoms with Crippen molar-refractivity contribution in [1.29, 1.82) is 0 Å². The Hall–Kier alpha value is -3.57. The second kappa shape index (κ2) is 26.2. The Morgan fingerprint density at radius 3 is 0.792 bits per heavy atom. The van der Waals surface area contributed by atoms with Crippen LogP contribution in [0.4, 0.5) is 26.3 Å². The molecule has 0 saturated heterocycles. The average molecular weight is 902 g/mol. The molecule has 0 aliphatic carbocycles. The molecule has 4 aromatic rings. The molecule has 14 nitrogen and oxygen atoms in total. The van der Waals surface area contributed by atoms with E-state index in [0.29, 0.717) is 0 Å². The van der Waals surface area contributed by atoms with Gasteiger partial charge in [-0.05, 0) is 80.6 Å². The number of nitrogens with zero attached hydrogens (tertiary/aromatic N) is 4. The van der Waals surface area contributed by atoms with E-state index < -0.39 is 37.2 Å². The number of aliphatic carboxylic acids is 1. The first-order valence-electron chi connectivity index (χ1n) is 13.2. The van der Waals surface area contributed by atoms with Crippen molar-refractivity contribution < 1.29 is 107 Å². The minimum Gasteiger partial charge on any atom is -0.870 e. The Balaban J connectivity index is -0.000000186. The van der Waals surface area contributed by atoms with Gasteiger partial charge in [-0.3, -0.25) is 19.9 Å². The van der Waals surface area contributed by atoms with Crippen LogP contribution in [0.5, 0.6) is 0 Å². The van der Waals surface area contributed by atoms with Crippen molar-refractivity contribution in [1.82, 2.24) is 19.9 Å². The summed E-state index contributed by atoms with van der Waals surface area (Å²) in [7, 11) is -12.2. The van der Waals surface area contributed by atoms with Crippen LogP contribution in [0.25, 0.3) is 22.8 Å². The average Bonchev–Trinajstić information content (AvgIpc) is 2.98. The molecule has 0 atom stereocenters. The predicted octanol–water partition coefficient (Wildman–Crippen LogP) is 3.76. The van der Waals surface area contributed by atoms with Gasteiger partial charge in [-0.2, -0.15) is 26.3 Å². The number of carbonyl (C=O) groups is 1. The molecule has 0 aliphatic rings. The Morgan fingerprint density at radius 2 is 0.717 bits per heavy atom.